The Hall–Kier alpha value is -2.66. The molecule has 1 amide bonds. The molecule has 0 aliphatic heterocycles. The summed E-state index contributed by atoms with van der Waals surface area (Å²) in [6.07, 6.45) is 0.738. The van der Waals surface area contributed by atoms with Crippen LogP contribution < -0.4 is 0 Å². The summed E-state index contributed by atoms with van der Waals surface area (Å²) in [6, 6.07) is 15.4. The number of hydrogen-bond acceptors (Lipinski definition) is 4. The molecule has 1 aromatic heterocycles. The van der Waals surface area contributed by atoms with Crippen LogP contribution in [0.15, 0.2) is 53.1 Å². The molecule has 1 heterocycles. The largest absolute Gasteiger partial charge is 0.341 e. The summed E-state index contributed by atoms with van der Waals surface area (Å²) in [4.78, 5) is 18.4. The summed E-state index contributed by atoms with van der Waals surface area (Å²) in [5, 5.41) is 4.68. The molecule has 3 rings (SSSR count). The molecule has 5 nitrogen and oxygen atoms in total. The number of aromatic nitrogens is 2. The molecule has 2 aromatic carbocycles. The van der Waals surface area contributed by atoms with E-state index in [0.717, 1.165) is 11.1 Å². The SMILES string of the molecule is Cc1ccc(-c2noc(CCC(=O)N(C)Cc3ccc(Cl)cc3)n2)cc1. The maximum absolute atomic E-state index is 12.3. The van der Waals surface area contributed by atoms with E-state index in [1.165, 1.54) is 5.56 Å². The molecule has 0 atom stereocenters. The molecule has 134 valence electrons. The van der Waals surface area contributed by atoms with E-state index in [4.69, 9.17) is 16.1 Å². The molecular weight excluding hydrogens is 350 g/mol. The van der Waals surface area contributed by atoms with Gasteiger partial charge in [-0.15, -0.1) is 0 Å². The van der Waals surface area contributed by atoms with E-state index in [1.807, 2.05) is 55.5 Å². The Morgan fingerprint density at radius 3 is 2.50 bits per heavy atom. The fraction of sp³-hybridized carbons (Fsp3) is 0.250. The van der Waals surface area contributed by atoms with Gasteiger partial charge in [0.2, 0.25) is 17.6 Å². The van der Waals surface area contributed by atoms with Gasteiger partial charge >= 0.3 is 0 Å². The number of benzene rings is 2. The van der Waals surface area contributed by atoms with Crippen LogP contribution in [0.25, 0.3) is 11.4 Å². The highest BCUT2D eigenvalue weighted by Gasteiger charge is 2.13. The topological polar surface area (TPSA) is 59.2 Å². The standard InChI is InChI=1S/C20H20ClN3O2/c1-14-3-7-16(8-4-14)20-22-18(26-23-20)11-12-19(25)24(2)13-15-5-9-17(21)10-6-15/h3-10H,11-13H2,1-2H3. The zero-order valence-electron chi connectivity index (χ0n) is 14.8. The number of aryl methyl sites for hydroxylation is 2. The van der Waals surface area contributed by atoms with Crippen LogP contribution in [0.1, 0.15) is 23.4 Å². The Balaban J connectivity index is 1.54. The van der Waals surface area contributed by atoms with Gasteiger partial charge in [-0.25, -0.2) is 0 Å². The first-order valence-electron chi connectivity index (χ1n) is 8.39. The molecule has 3 aromatic rings. The summed E-state index contributed by atoms with van der Waals surface area (Å²) < 4.78 is 5.26. The van der Waals surface area contributed by atoms with Crippen LogP contribution in [0.5, 0.6) is 0 Å². The lowest BCUT2D eigenvalue weighted by Crippen LogP contribution is -2.26. The van der Waals surface area contributed by atoms with Crippen LogP contribution in [-0.4, -0.2) is 28.0 Å². The highest BCUT2D eigenvalue weighted by atomic mass is 35.5. The van der Waals surface area contributed by atoms with E-state index in [0.29, 0.717) is 36.1 Å². The molecule has 0 unspecified atom stereocenters. The zero-order valence-corrected chi connectivity index (χ0v) is 15.5. The van der Waals surface area contributed by atoms with Gasteiger partial charge in [0, 0.05) is 37.0 Å². The Morgan fingerprint density at radius 1 is 1.12 bits per heavy atom. The predicted molar refractivity (Wildman–Crippen MR) is 101 cm³/mol. The second-order valence-corrected chi connectivity index (χ2v) is 6.69. The van der Waals surface area contributed by atoms with Crippen molar-refractivity contribution in [3.63, 3.8) is 0 Å². The number of amides is 1. The van der Waals surface area contributed by atoms with E-state index < -0.39 is 0 Å². The Kier molecular flexibility index (Phi) is 5.68. The highest BCUT2D eigenvalue weighted by Crippen LogP contribution is 2.17. The number of nitrogens with zero attached hydrogens (tertiary/aromatic N) is 3. The van der Waals surface area contributed by atoms with E-state index in [2.05, 4.69) is 10.1 Å². The predicted octanol–water partition coefficient (Wildman–Crippen LogP) is 4.29. The van der Waals surface area contributed by atoms with Gasteiger partial charge in [0.25, 0.3) is 0 Å². The average Bonchev–Trinajstić information content (AvgIpc) is 3.11. The van der Waals surface area contributed by atoms with Crippen LogP contribution in [-0.2, 0) is 17.8 Å². The number of halogens is 1. The molecule has 6 heteroatoms. The lowest BCUT2D eigenvalue weighted by Gasteiger charge is -2.16. The van der Waals surface area contributed by atoms with Gasteiger partial charge in [-0.05, 0) is 24.6 Å². The van der Waals surface area contributed by atoms with Gasteiger partial charge in [-0.1, -0.05) is 58.7 Å². The highest BCUT2D eigenvalue weighted by molar-refractivity contribution is 6.30. The number of carbonyl (C=O) groups is 1. The smallest absolute Gasteiger partial charge is 0.227 e. The third-order valence-electron chi connectivity index (χ3n) is 4.09. The third kappa shape index (κ3) is 4.70. The normalized spacial score (nSPS) is 10.7. The Bertz CT molecular complexity index is 873. The van der Waals surface area contributed by atoms with Gasteiger partial charge in [0.15, 0.2) is 0 Å². The van der Waals surface area contributed by atoms with Crippen molar-refractivity contribution in [1.82, 2.24) is 15.0 Å². The van der Waals surface area contributed by atoms with Crippen molar-refractivity contribution < 1.29 is 9.32 Å². The van der Waals surface area contributed by atoms with Crippen molar-refractivity contribution in [3.8, 4) is 11.4 Å². The van der Waals surface area contributed by atoms with Crippen molar-refractivity contribution in [2.75, 3.05) is 7.05 Å². The summed E-state index contributed by atoms with van der Waals surface area (Å²) in [7, 11) is 1.78. The molecule has 0 spiro atoms. The number of rotatable bonds is 6. The van der Waals surface area contributed by atoms with Crippen LogP contribution in [0.4, 0.5) is 0 Å². The van der Waals surface area contributed by atoms with E-state index in [1.54, 1.807) is 11.9 Å². The summed E-state index contributed by atoms with van der Waals surface area (Å²) in [5.74, 6) is 1.03. The minimum atomic E-state index is 0.0232. The lowest BCUT2D eigenvalue weighted by atomic mass is 10.1. The van der Waals surface area contributed by atoms with Crippen LogP contribution in [0.2, 0.25) is 5.02 Å². The van der Waals surface area contributed by atoms with Crippen LogP contribution in [0.3, 0.4) is 0 Å². The monoisotopic (exact) mass is 369 g/mol. The van der Waals surface area contributed by atoms with Gasteiger partial charge in [-0.2, -0.15) is 4.98 Å². The first-order chi connectivity index (χ1) is 12.5. The molecule has 0 saturated carbocycles. The fourth-order valence-electron chi connectivity index (χ4n) is 2.53. The molecule has 26 heavy (non-hydrogen) atoms. The van der Waals surface area contributed by atoms with Crippen LogP contribution >= 0.6 is 11.6 Å². The zero-order chi connectivity index (χ0) is 18.5. The van der Waals surface area contributed by atoms with E-state index in [9.17, 15) is 4.79 Å². The molecular formula is C20H20ClN3O2. The van der Waals surface area contributed by atoms with Gasteiger partial charge < -0.3 is 9.42 Å². The second-order valence-electron chi connectivity index (χ2n) is 6.25. The van der Waals surface area contributed by atoms with E-state index in [-0.39, 0.29) is 5.91 Å². The molecule has 0 saturated heterocycles. The van der Waals surface area contributed by atoms with Gasteiger partial charge in [-0.3, -0.25) is 4.79 Å². The summed E-state index contributed by atoms with van der Waals surface area (Å²) in [6.45, 7) is 2.56. The Morgan fingerprint density at radius 2 is 1.81 bits per heavy atom. The maximum Gasteiger partial charge on any atom is 0.227 e. The number of hydrogen-bond donors (Lipinski definition) is 0. The van der Waals surface area contributed by atoms with Crippen molar-refractivity contribution in [3.05, 3.63) is 70.6 Å². The van der Waals surface area contributed by atoms with Crippen LogP contribution in [0, 0.1) is 6.92 Å². The molecule has 0 aliphatic rings. The quantitative estimate of drug-likeness (QED) is 0.650. The minimum Gasteiger partial charge on any atom is -0.341 e. The summed E-state index contributed by atoms with van der Waals surface area (Å²) >= 11 is 5.88. The van der Waals surface area contributed by atoms with Gasteiger partial charge in [0.1, 0.15) is 0 Å². The fourth-order valence-corrected chi connectivity index (χ4v) is 2.66. The molecule has 0 aliphatic carbocycles. The second kappa shape index (κ2) is 8.15. The minimum absolute atomic E-state index is 0.0232. The first-order valence-corrected chi connectivity index (χ1v) is 8.77. The average molecular weight is 370 g/mol. The van der Waals surface area contributed by atoms with Crippen molar-refractivity contribution in [2.24, 2.45) is 0 Å². The Labute approximate surface area is 157 Å². The van der Waals surface area contributed by atoms with Crippen molar-refractivity contribution >= 4 is 17.5 Å². The van der Waals surface area contributed by atoms with Gasteiger partial charge in [0.05, 0.1) is 0 Å². The van der Waals surface area contributed by atoms with Crippen molar-refractivity contribution in [1.29, 1.82) is 0 Å². The lowest BCUT2D eigenvalue weighted by molar-refractivity contribution is -0.130. The summed E-state index contributed by atoms with van der Waals surface area (Å²) in [5.41, 5.74) is 3.10. The molecule has 0 fully saturated rings. The van der Waals surface area contributed by atoms with E-state index >= 15 is 0 Å². The molecule has 0 N–H and O–H groups in total. The molecule has 0 bridgehead atoms. The maximum atomic E-state index is 12.3. The molecule has 0 radical (unpaired) electrons. The number of carbonyl (C=O) groups excluding carboxylic acids is 1. The van der Waals surface area contributed by atoms with Crippen molar-refractivity contribution in [2.45, 2.75) is 26.3 Å². The third-order valence-corrected chi connectivity index (χ3v) is 4.34. The first kappa shape index (κ1) is 18.1.